The van der Waals surface area contributed by atoms with Crippen LogP contribution in [0.4, 0.5) is 0 Å². The molecule has 0 saturated heterocycles. The van der Waals surface area contributed by atoms with Gasteiger partial charge in [0.2, 0.25) is 11.7 Å². The highest BCUT2D eigenvalue weighted by Crippen LogP contribution is 2.16. The molecule has 16 heavy (non-hydrogen) atoms. The lowest BCUT2D eigenvalue weighted by atomic mass is 10.3. The Morgan fingerprint density at radius 3 is 3.00 bits per heavy atom. The molecule has 0 aromatic carbocycles. The Morgan fingerprint density at radius 2 is 2.31 bits per heavy atom. The molecular formula is C10H7BrN4O. The maximum absolute atomic E-state index is 8.42. The zero-order chi connectivity index (χ0) is 11.4. The Kier molecular flexibility index (Phi) is 3.27. The van der Waals surface area contributed by atoms with E-state index in [2.05, 4.69) is 31.1 Å². The minimum absolute atomic E-state index is 0.370. The van der Waals surface area contributed by atoms with E-state index in [-0.39, 0.29) is 0 Å². The minimum Gasteiger partial charge on any atom is -0.339 e. The van der Waals surface area contributed by atoms with Crippen molar-refractivity contribution in [1.29, 1.82) is 5.26 Å². The second-order valence-electron chi connectivity index (χ2n) is 3.03. The monoisotopic (exact) mass is 278 g/mol. The molecule has 0 radical (unpaired) electrons. The summed E-state index contributed by atoms with van der Waals surface area (Å²) in [5.41, 5.74) is 0.648. The molecule has 0 unspecified atom stereocenters. The van der Waals surface area contributed by atoms with E-state index in [9.17, 15) is 0 Å². The summed E-state index contributed by atoms with van der Waals surface area (Å²) in [5.74, 6) is 0.904. The Balaban J connectivity index is 2.18. The van der Waals surface area contributed by atoms with Gasteiger partial charge in [0.15, 0.2) is 0 Å². The molecule has 2 rings (SSSR count). The third kappa shape index (κ3) is 2.44. The Morgan fingerprint density at radius 1 is 1.44 bits per heavy atom. The summed E-state index contributed by atoms with van der Waals surface area (Å²) in [5, 5.41) is 12.2. The van der Waals surface area contributed by atoms with Crippen LogP contribution in [0.5, 0.6) is 0 Å². The van der Waals surface area contributed by atoms with Gasteiger partial charge in [-0.05, 0) is 28.1 Å². The minimum atomic E-state index is 0.370. The summed E-state index contributed by atoms with van der Waals surface area (Å²) in [6.45, 7) is 0. The van der Waals surface area contributed by atoms with Crippen molar-refractivity contribution in [3.8, 4) is 17.6 Å². The standard InChI is InChI=1S/C10H7BrN4O/c11-7-3-4-8(13-6-7)10-14-9(16-15-10)2-1-5-12/h3-4,6H,1-2H2. The van der Waals surface area contributed by atoms with Crippen LogP contribution >= 0.6 is 15.9 Å². The van der Waals surface area contributed by atoms with Gasteiger partial charge in [-0.25, -0.2) is 0 Å². The van der Waals surface area contributed by atoms with Gasteiger partial charge < -0.3 is 4.52 Å². The van der Waals surface area contributed by atoms with E-state index in [4.69, 9.17) is 9.78 Å². The van der Waals surface area contributed by atoms with Crippen LogP contribution in [-0.2, 0) is 6.42 Å². The highest BCUT2D eigenvalue weighted by Gasteiger charge is 2.08. The fraction of sp³-hybridized carbons (Fsp3) is 0.200. The summed E-state index contributed by atoms with van der Waals surface area (Å²) in [7, 11) is 0. The number of hydrogen-bond acceptors (Lipinski definition) is 5. The zero-order valence-corrected chi connectivity index (χ0v) is 9.81. The quantitative estimate of drug-likeness (QED) is 0.861. The van der Waals surface area contributed by atoms with Crippen molar-refractivity contribution in [2.75, 3.05) is 0 Å². The number of nitrogens with zero attached hydrogens (tertiary/aromatic N) is 4. The van der Waals surface area contributed by atoms with Crippen molar-refractivity contribution < 1.29 is 4.52 Å². The van der Waals surface area contributed by atoms with Crippen LogP contribution in [0.15, 0.2) is 27.3 Å². The number of pyridine rings is 1. The van der Waals surface area contributed by atoms with Gasteiger partial charge in [0, 0.05) is 23.5 Å². The molecule has 0 spiro atoms. The second kappa shape index (κ2) is 4.86. The van der Waals surface area contributed by atoms with Crippen LogP contribution in [0, 0.1) is 11.3 Å². The van der Waals surface area contributed by atoms with Gasteiger partial charge in [-0.15, -0.1) is 0 Å². The van der Waals surface area contributed by atoms with Crippen LogP contribution in [-0.4, -0.2) is 15.1 Å². The molecule has 2 aromatic heterocycles. The van der Waals surface area contributed by atoms with Crippen LogP contribution < -0.4 is 0 Å². The average Bonchev–Trinajstić information content (AvgIpc) is 2.76. The first-order valence-corrected chi connectivity index (χ1v) is 5.40. The molecular weight excluding hydrogens is 272 g/mol. The van der Waals surface area contributed by atoms with E-state index in [1.807, 2.05) is 12.1 Å². The van der Waals surface area contributed by atoms with Crippen LogP contribution in [0.3, 0.4) is 0 Å². The molecule has 0 aliphatic carbocycles. The van der Waals surface area contributed by atoms with Crippen molar-refractivity contribution >= 4 is 15.9 Å². The summed E-state index contributed by atoms with van der Waals surface area (Å²) in [6.07, 6.45) is 2.51. The van der Waals surface area contributed by atoms with Crippen molar-refractivity contribution in [2.24, 2.45) is 0 Å². The maximum Gasteiger partial charge on any atom is 0.228 e. The second-order valence-corrected chi connectivity index (χ2v) is 3.95. The third-order valence-corrected chi connectivity index (χ3v) is 2.34. The van der Waals surface area contributed by atoms with E-state index in [0.717, 1.165) is 4.47 Å². The molecule has 0 amide bonds. The first-order valence-electron chi connectivity index (χ1n) is 4.61. The van der Waals surface area contributed by atoms with Gasteiger partial charge in [-0.2, -0.15) is 10.2 Å². The van der Waals surface area contributed by atoms with E-state index >= 15 is 0 Å². The molecule has 0 N–H and O–H groups in total. The summed E-state index contributed by atoms with van der Waals surface area (Å²) < 4.78 is 5.88. The number of nitriles is 1. The normalized spacial score (nSPS) is 10.0. The molecule has 80 valence electrons. The number of halogens is 1. The van der Waals surface area contributed by atoms with Gasteiger partial charge in [0.1, 0.15) is 5.69 Å². The molecule has 0 aliphatic heterocycles. The lowest BCUT2D eigenvalue weighted by Gasteiger charge is -1.92. The largest absolute Gasteiger partial charge is 0.339 e. The van der Waals surface area contributed by atoms with E-state index < -0.39 is 0 Å². The molecule has 6 heteroatoms. The number of aromatic nitrogens is 3. The van der Waals surface area contributed by atoms with Crippen molar-refractivity contribution in [1.82, 2.24) is 15.1 Å². The van der Waals surface area contributed by atoms with E-state index in [1.165, 1.54) is 0 Å². The molecule has 0 saturated carbocycles. The third-order valence-electron chi connectivity index (χ3n) is 1.88. The number of rotatable bonds is 3. The predicted molar refractivity (Wildman–Crippen MR) is 59.2 cm³/mol. The van der Waals surface area contributed by atoms with Gasteiger partial charge in [-0.3, -0.25) is 4.98 Å². The summed E-state index contributed by atoms with van der Waals surface area (Å²) in [6, 6.07) is 5.67. The van der Waals surface area contributed by atoms with E-state index in [0.29, 0.717) is 30.3 Å². The van der Waals surface area contributed by atoms with Gasteiger partial charge in [0.25, 0.3) is 0 Å². The summed E-state index contributed by atoms with van der Waals surface area (Å²) in [4.78, 5) is 8.29. The lowest BCUT2D eigenvalue weighted by Crippen LogP contribution is -1.86. The number of aryl methyl sites for hydroxylation is 1. The first kappa shape index (κ1) is 10.8. The van der Waals surface area contributed by atoms with Crippen LogP contribution in [0.25, 0.3) is 11.5 Å². The zero-order valence-electron chi connectivity index (χ0n) is 8.22. The SMILES string of the molecule is N#CCCc1nc(-c2ccc(Br)cn2)no1. The predicted octanol–water partition coefficient (Wildman–Crippen LogP) is 2.35. The fourth-order valence-electron chi connectivity index (χ4n) is 1.13. The highest BCUT2D eigenvalue weighted by molar-refractivity contribution is 9.10. The van der Waals surface area contributed by atoms with E-state index in [1.54, 1.807) is 12.3 Å². The Labute approximate surface area is 100 Å². The molecule has 0 bridgehead atoms. The smallest absolute Gasteiger partial charge is 0.228 e. The Hall–Kier alpha value is -1.74. The van der Waals surface area contributed by atoms with Gasteiger partial charge >= 0.3 is 0 Å². The van der Waals surface area contributed by atoms with Gasteiger partial charge in [0.05, 0.1) is 6.07 Å². The Bertz CT molecular complexity index is 514. The fourth-order valence-corrected chi connectivity index (χ4v) is 1.37. The molecule has 5 nitrogen and oxygen atoms in total. The first-order chi connectivity index (χ1) is 7.79. The molecule has 2 aromatic rings. The average molecular weight is 279 g/mol. The highest BCUT2D eigenvalue weighted by atomic mass is 79.9. The van der Waals surface area contributed by atoms with Gasteiger partial charge in [-0.1, -0.05) is 5.16 Å². The summed E-state index contributed by atoms with van der Waals surface area (Å²) >= 11 is 3.29. The maximum atomic E-state index is 8.42. The molecule has 0 fully saturated rings. The lowest BCUT2D eigenvalue weighted by molar-refractivity contribution is 0.380. The molecule has 2 heterocycles. The molecule has 0 aliphatic rings. The number of hydrogen-bond donors (Lipinski definition) is 0. The van der Waals surface area contributed by atoms with Crippen molar-refractivity contribution in [3.63, 3.8) is 0 Å². The van der Waals surface area contributed by atoms with Crippen molar-refractivity contribution in [2.45, 2.75) is 12.8 Å². The van der Waals surface area contributed by atoms with Crippen molar-refractivity contribution in [3.05, 3.63) is 28.7 Å². The van der Waals surface area contributed by atoms with Crippen LogP contribution in [0.2, 0.25) is 0 Å². The molecule has 0 atom stereocenters. The van der Waals surface area contributed by atoms with Crippen LogP contribution in [0.1, 0.15) is 12.3 Å². The topological polar surface area (TPSA) is 75.6 Å².